The van der Waals surface area contributed by atoms with Gasteiger partial charge >= 0.3 is 0 Å². The summed E-state index contributed by atoms with van der Waals surface area (Å²) in [6.45, 7) is 8.93. The van der Waals surface area contributed by atoms with E-state index in [1.807, 2.05) is 35.0 Å². The molecule has 1 saturated carbocycles. The van der Waals surface area contributed by atoms with E-state index in [1.165, 1.54) is 0 Å². The van der Waals surface area contributed by atoms with Crippen LogP contribution in [-0.2, 0) is 6.42 Å². The van der Waals surface area contributed by atoms with Gasteiger partial charge in [-0.1, -0.05) is 58.0 Å². The minimum Gasteiger partial charge on any atom is -0.396 e. The first-order valence-corrected chi connectivity index (χ1v) is 12.3. The Balaban J connectivity index is 1.63. The third-order valence-electron chi connectivity index (χ3n) is 7.88. The number of aromatic nitrogens is 5. The molecule has 7 nitrogen and oxygen atoms in total. The molecule has 34 heavy (non-hydrogen) atoms. The second kappa shape index (κ2) is 8.62. The molecule has 1 aliphatic carbocycles. The lowest BCUT2D eigenvalue weighted by Gasteiger charge is -2.33. The number of nitrogens with zero attached hydrogens (tertiary/aromatic N) is 5. The van der Waals surface area contributed by atoms with Crippen molar-refractivity contribution in [3.63, 3.8) is 0 Å². The quantitative estimate of drug-likeness (QED) is 0.449. The van der Waals surface area contributed by atoms with Crippen LogP contribution in [-0.4, -0.2) is 36.1 Å². The van der Waals surface area contributed by atoms with E-state index in [1.54, 1.807) is 4.52 Å². The molecule has 178 valence electrons. The number of hydrogen-bond donors (Lipinski definition) is 1. The Bertz CT molecular complexity index is 1390. The van der Waals surface area contributed by atoms with Crippen LogP contribution in [0.15, 0.2) is 47.4 Å². The summed E-state index contributed by atoms with van der Waals surface area (Å²) in [6, 6.07) is 12.1. The summed E-state index contributed by atoms with van der Waals surface area (Å²) in [5, 5.41) is 23.7. The first-order valence-electron chi connectivity index (χ1n) is 12.3. The molecule has 1 aromatic carbocycles. The number of rotatable bonds is 4. The smallest absolute Gasteiger partial charge is 0.280 e. The van der Waals surface area contributed by atoms with Crippen LogP contribution < -0.4 is 5.56 Å². The topological polar surface area (TPSA) is 85.3 Å². The fraction of sp³-hybridized carbons (Fsp3) is 0.481. The molecule has 0 aliphatic heterocycles. The number of aryl methyl sites for hydroxylation is 1. The van der Waals surface area contributed by atoms with Gasteiger partial charge in [0, 0.05) is 18.8 Å². The van der Waals surface area contributed by atoms with Crippen LogP contribution in [0.4, 0.5) is 0 Å². The van der Waals surface area contributed by atoms with Crippen molar-refractivity contribution in [2.24, 2.45) is 17.3 Å². The monoisotopic (exact) mass is 459 g/mol. The van der Waals surface area contributed by atoms with Gasteiger partial charge in [0.1, 0.15) is 5.52 Å². The van der Waals surface area contributed by atoms with E-state index in [9.17, 15) is 9.90 Å². The highest BCUT2D eigenvalue weighted by molar-refractivity contribution is 5.84. The predicted octanol–water partition coefficient (Wildman–Crippen LogP) is 4.66. The van der Waals surface area contributed by atoms with Crippen molar-refractivity contribution < 1.29 is 5.11 Å². The van der Waals surface area contributed by atoms with Crippen molar-refractivity contribution in [2.45, 2.75) is 59.4 Å². The Kier molecular flexibility index (Phi) is 5.76. The van der Waals surface area contributed by atoms with Crippen molar-refractivity contribution in [3.8, 4) is 11.1 Å². The Morgan fingerprint density at radius 3 is 2.59 bits per heavy atom. The summed E-state index contributed by atoms with van der Waals surface area (Å²) in [6.07, 6.45) is 5.36. The van der Waals surface area contributed by atoms with E-state index in [4.69, 9.17) is 5.10 Å². The van der Waals surface area contributed by atoms with Crippen LogP contribution in [0, 0.1) is 17.3 Å². The number of pyridine rings is 1. The lowest BCUT2D eigenvalue weighted by molar-refractivity contribution is 0.102. The summed E-state index contributed by atoms with van der Waals surface area (Å²) in [5.41, 5.74) is 4.55. The predicted molar refractivity (Wildman–Crippen MR) is 134 cm³/mol. The molecule has 1 fully saturated rings. The van der Waals surface area contributed by atoms with Gasteiger partial charge in [-0.15, -0.1) is 10.2 Å². The molecule has 7 heteroatoms. The fourth-order valence-corrected chi connectivity index (χ4v) is 5.95. The maximum absolute atomic E-state index is 13.6. The summed E-state index contributed by atoms with van der Waals surface area (Å²) in [5.74, 6) is 0.544. The SMILES string of the molecule is CCc1nn2c(nnc3c(=O)n(C4CCC(CO)C(C)(C)CC4C)ccc32)c1-c1ccccc1. The van der Waals surface area contributed by atoms with Crippen LogP contribution in [0.5, 0.6) is 0 Å². The van der Waals surface area contributed by atoms with Gasteiger partial charge in [0.2, 0.25) is 0 Å². The molecule has 0 bridgehead atoms. The van der Waals surface area contributed by atoms with Gasteiger partial charge in [-0.2, -0.15) is 5.10 Å². The van der Waals surface area contributed by atoms with E-state index in [0.29, 0.717) is 22.6 Å². The van der Waals surface area contributed by atoms with Gasteiger partial charge < -0.3 is 9.67 Å². The first-order chi connectivity index (χ1) is 16.4. The Morgan fingerprint density at radius 1 is 1.12 bits per heavy atom. The summed E-state index contributed by atoms with van der Waals surface area (Å²) in [7, 11) is 0. The Morgan fingerprint density at radius 2 is 1.88 bits per heavy atom. The number of aliphatic hydroxyl groups is 1. The molecular weight excluding hydrogens is 426 g/mol. The highest BCUT2D eigenvalue weighted by Gasteiger charge is 2.37. The molecule has 3 atom stereocenters. The third-order valence-corrected chi connectivity index (χ3v) is 7.88. The van der Waals surface area contributed by atoms with Gasteiger partial charge in [0.15, 0.2) is 11.2 Å². The first kappa shape index (κ1) is 22.7. The molecule has 4 aromatic rings. The number of fused-ring (bicyclic) bond motifs is 3. The van der Waals surface area contributed by atoms with Crippen molar-refractivity contribution in [3.05, 3.63) is 58.6 Å². The van der Waals surface area contributed by atoms with Gasteiger partial charge in [-0.25, -0.2) is 4.52 Å². The number of benzene rings is 1. The fourth-order valence-electron chi connectivity index (χ4n) is 5.95. The van der Waals surface area contributed by atoms with Gasteiger partial charge in [0.05, 0.1) is 11.3 Å². The maximum Gasteiger partial charge on any atom is 0.280 e. The molecule has 1 aliphatic rings. The van der Waals surface area contributed by atoms with E-state index in [-0.39, 0.29) is 29.5 Å². The molecular formula is C27H33N5O2. The second-order valence-corrected chi connectivity index (χ2v) is 10.4. The summed E-state index contributed by atoms with van der Waals surface area (Å²) < 4.78 is 3.61. The lowest BCUT2D eigenvalue weighted by Crippen LogP contribution is -2.30. The zero-order chi connectivity index (χ0) is 24.0. The highest BCUT2D eigenvalue weighted by Crippen LogP contribution is 2.45. The highest BCUT2D eigenvalue weighted by atomic mass is 16.3. The van der Waals surface area contributed by atoms with Crippen molar-refractivity contribution in [1.82, 2.24) is 24.4 Å². The van der Waals surface area contributed by atoms with E-state index in [2.05, 4.69) is 50.0 Å². The van der Waals surface area contributed by atoms with Crippen LogP contribution in [0.25, 0.3) is 27.8 Å². The molecule has 0 radical (unpaired) electrons. The van der Waals surface area contributed by atoms with Crippen LogP contribution in [0.2, 0.25) is 0 Å². The zero-order valence-electron chi connectivity index (χ0n) is 20.4. The van der Waals surface area contributed by atoms with Crippen molar-refractivity contribution >= 4 is 16.7 Å². The largest absolute Gasteiger partial charge is 0.396 e. The summed E-state index contributed by atoms with van der Waals surface area (Å²) in [4.78, 5) is 13.6. The Hall–Kier alpha value is -3.06. The summed E-state index contributed by atoms with van der Waals surface area (Å²) >= 11 is 0. The second-order valence-electron chi connectivity index (χ2n) is 10.4. The average molecular weight is 460 g/mol. The average Bonchev–Trinajstić information content (AvgIpc) is 3.16. The minimum absolute atomic E-state index is 0.0365. The molecule has 0 amide bonds. The minimum atomic E-state index is -0.126. The standard InChI is InChI=1S/C27H33N5O2/c1-5-20-23(18-9-7-6-8-10-18)25-29-28-24-22(32(25)30-20)13-14-31(26(24)34)21-12-11-19(16-33)27(3,4)15-17(21)2/h6-10,13-14,17,19,21,33H,5,11-12,15-16H2,1-4H3. The molecule has 0 saturated heterocycles. The number of hydrogen-bond acceptors (Lipinski definition) is 5. The van der Waals surface area contributed by atoms with E-state index < -0.39 is 0 Å². The maximum atomic E-state index is 13.6. The zero-order valence-corrected chi connectivity index (χ0v) is 20.4. The molecule has 3 heterocycles. The normalized spacial score (nSPS) is 22.8. The van der Waals surface area contributed by atoms with Crippen LogP contribution in [0.3, 0.4) is 0 Å². The van der Waals surface area contributed by atoms with Crippen LogP contribution in [0.1, 0.15) is 58.7 Å². The van der Waals surface area contributed by atoms with E-state index in [0.717, 1.165) is 42.5 Å². The molecule has 5 rings (SSSR count). The Labute approximate surface area is 199 Å². The van der Waals surface area contributed by atoms with Gasteiger partial charge in [-0.3, -0.25) is 4.79 Å². The molecule has 1 N–H and O–H groups in total. The molecule has 0 spiro atoms. The van der Waals surface area contributed by atoms with Crippen molar-refractivity contribution in [1.29, 1.82) is 0 Å². The van der Waals surface area contributed by atoms with Crippen LogP contribution >= 0.6 is 0 Å². The van der Waals surface area contributed by atoms with Crippen molar-refractivity contribution in [2.75, 3.05) is 6.61 Å². The molecule has 3 unspecified atom stereocenters. The lowest BCUT2D eigenvalue weighted by atomic mass is 9.74. The van der Waals surface area contributed by atoms with E-state index >= 15 is 0 Å². The number of aliphatic hydroxyl groups excluding tert-OH is 1. The van der Waals surface area contributed by atoms with Gasteiger partial charge in [0.25, 0.3) is 5.56 Å². The van der Waals surface area contributed by atoms with Gasteiger partial charge in [-0.05, 0) is 54.6 Å². The molecule has 3 aromatic heterocycles. The third kappa shape index (κ3) is 3.63.